The van der Waals surface area contributed by atoms with Crippen LogP contribution in [-0.4, -0.2) is 19.2 Å². The Morgan fingerprint density at radius 3 is 2.67 bits per heavy atom. The van der Waals surface area contributed by atoms with Crippen LogP contribution in [0.2, 0.25) is 0 Å². The quantitative estimate of drug-likeness (QED) is 0.513. The van der Waals surface area contributed by atoms with Gasteiger partial charge in [-0.05, 0) is 35.9 Å². The fraction of sp³-hybridized carbons (Fsp3) is 0. The molecule has 7 heteroatoms. The molecule has 2 aromatic carbocycles. The second kappa shape index (κ2) is 5.63. The lowest BCUT2D eigenvalue weighted by Gasteiger charge is -2.09. The Kier molecular flexibility index (Phi) is 3.24. The van der Waals surface area contributed by atoms with Gasteiger partial charge in [-0.25, -0.2) is 13.8 Å². The van der Waals surface area contributed by atoms with Crippen LogP contribution in [0.4, 0.5) is 14.6 Å². The number of halogens is 2. The first-order valence-electron chi connectivity index (χ1n) is 8.27. The van der Waals surface area contributed by atoms with Crippen molar-refractivity contribution in [1.29, 1.82) is 0 Å². The number of rotatable bonds is 2. The molecule has 0 radical (unpaired) electrons. The van der Waals surface area contributed by atoms with Crippen molar-refractivity contribution in [3.05, 3.63) is 78.8 Å². The van der Waals surface area contributed by atoms with Crippen molar-refractivity contribution in [3.63, 3.8) is 0 Å². The third kappa shape index (κ3) is 2.36. The van der Waals surface area contributed by atoms with Crippen LogP contribution < -0.4 is 5.73 Å². The normalized spacial score (nSPS) is 11.5. The molecule has 0 aliphatic heterocycles. The molecule has 0 unspecified atom stereocenters. The lowest BCUT2D eigenvalue weighted by Crippen LogP contribution is -2.02. The minimum absolute atomic E-state index is 0.504. The van der Waals surface area contributed by atoms with E-state index in [1.807, 2.05) is 30.5 Å². The summed E-state index contributed by atoms with van der Waals surface area (Å²) in [5.74, 6) is -1.24. The van der Waals surface area contributed by atoms with E-state index >= 15 is 0 Å². The Morgan fingerprint density at radius 1 is 0.926 bits per heavy atom. The molecule has 27 heavy (non-hydrogen) atoms. The zero-order chi connectivity index (χ0) is 18.5. The van der Waals surface area contributed by atoms with Gasteiger partial charge in [-0.2, -0.15) is 9.61 Å². The van der Waals surface area contributed by atoms with E-state index in [1.165, 1.54) is 6.07 Å². The molecule has 132 valence electrons. The van der Waals surface area contributed by atoms with Crippen molar-refractivity contribution in [2.45, 2.75) is 0 Å². The molecule has 0 aliphatic carbocycles. The number of benzene rings is 2. The van der Waals surface area contributed by atoms with Crippen LogP contribution >= 0.6 is 0 Å². The Morgan fingerprint density at radius 2 is 1.81 bits per heavy atom. The Hall–Kier alpha value is -3.74. The van der Waals surface area contributed by atoms with Gasteiger partial charge in [0.15, 0.2) is 17.3 Å². The number of fused-ring (bicyclic) bond motifs is 2. The van der Waals surface area contributed by atoms with Gasteiger partial charge in [-0.15, -0.1) is 0 Å². The van der Waals surface area contributed by atoms with Crippen molar-refractivity contribution in [1.82, 2.24) is 19.2 Å². The predicted octanol–water partition coefficient (Wildman–Crippen LogP) is 4.20. The summed E-state index contributed by atoms with van der Waals surface area (Å²) in [5.41, 5.74) is 10.0. The van der Waals surface area contributed by atoms with Crippen LogP contribution in [0, 0.1) is 11.6 Å². The molecule has 5 aromatic rings. The highest BCUT2D eigenvalue weighted by Gasteiger charge is 2.11. The fourth-order valence-electron chi connectivity index (χ4n) is 3.28. The third-order valence-corrected chi connectivity index (χ3v) is 4.64. The van der Waals surface area contributed by atoms with E-state index in [0.29, 0.717) is 17.2 Å². The standard InChI is InChI=1S/C20H13F2N5/c21-16-3-2-14(10-17(16)22)26-8-6-13-9-12(1-4-18(13)26)15-11-24-19-5-7-25-27(19)20(15)23/h1-11H,23H2. The van der Waals surface area contributed by atoms with Gasteiger partial charge in [0.1, 0.15) is 5.82 Å². The largest absolute Gasteiger partial charge is 0.383 e. The van der Waals surface area contributed by atoms with E-state index in [9.17, 15) is 8.78 Å². The summed E-state index contributed by atoms with van der Waals surface area (Å²) < 4.78 is 30.2. The van der Waals surface area contributed by atoms with Crippen molar-refractivity contribution in [2.24, 2.45) is 0 Å². The average Bonchev–Trinajstić information content (AvgIpc) is 3.31. The zero-order valence-corrected chi connectivity index (χ0v) is 14.0. The second-order valence-electron chi connectivity index (χ2n) is 6.22. The third-order valence-electron chi connectivity index (χ3n) is 4.64. The molecular formula is C20H13F2N5. The van der Waals surface area contributed by atoms with Crippen molar-refractivity contribution in [3.8, 4) is 16.8 Å². The van der Waals surface area contributed by atoms with E-state index in [1.54, 1.807) is 33.6 Å². The summed E-state index contributed by atoms with van der Waals surface area (Å²) in [4.78, 5) is 4.37. The van der Waals surface area contributed by atoms with Crippen molar-refractivity contribution >= 4 is 22.4 Å². The summed E-state index contributed by atoms with van der Waals surface area (Å²) in [6.45, 7) is 0. The highest BCUT2D eigenvalue weighted by Crippen LogP contribution is 2.30. The van der Waals surface area contributed by atoms with E-state index in [4.69, 9.17) is 5.73 Å². The van der Waals surface area contributed by atoms with Crippen LogP contribution in [0.15, 0.2) is 67.1 Å². The molecule has 3 aromatic heterocycles. The van der Waals surface area contributed by atoms with E-state index in [0.717, 1.165) is 28.1 Å². The fourth-order valence-corrected chi connectivity index (χ4v) is 3.28. The van der Waals surface area contributed by atoms with Crippen LogP contribution in [0.5, 0.6) is 0 Å². The maximum absolute atomic E-state index is 13.6. The molecule has 0 spiro atoms. The zero-order valence-electron chi connectivity index (χ0n) is 14.0. The second-order valence-corrected chi connectivity index (χ2v) is 6.22. The number of nitrogen functional groups attached to an aromatic ring is 1. The first-order valence-corrected chi connectivity index (χ1v) is 8.27. The molecule has 0 aliphatic rings. The molecule has 0 saturated heterocycles. The molecule has 5 rings (SSSR count). The number of anilines is 1. The smallest absolute Gasteiger partial charge is 0.160 e. The summed E-state index contributed by atoms with van der Waals surface area (Å²) in [5, 5.41) is 5.13. The number of hydrogen-bond acceptors (Lipinski definition) is 3. The van der Waals surface area contributed by atoms with Crippen LogP contribution in [0.3, 0.4) is 0 Å². The summed E-state index contributed by atoms with van der Waals surface area (Å²) in [7, 11) is 0. The maximum atomic E-state index is 13.6. The van der Waals surface area contributed by atoms with Gasteiger partial charge in [-0.1, -0.05) is 6.07 Å². The number of nitrogens with two attached hydrogens (primary N) is 1. The number of aromatic nitrogens is 4. The van der Waals surface area contributed by atoms with Crippen LogP contribution in [-0.2, 0) is 0 Å². The van der Waals surface area contributed by atoms with Crippen LogP contribution in [0.25, 0.3) is 33.4 Å². The lowest BCUT2D eigenvalue weighted by molar-refractivity contribution is 0.508. The Labute approximate surface area is 152 Å². The Balaban J connectivity index is 1.64. The number of nitrogens with zero attached hydrogens (tertiary/aromatic N) is 4. The maximum Gasteiger partial charge on any atom is 0.160 e. The topological polar surface area (TPSA) is 61.1 Å². The monoisotopic (exact) mass is 361 g/mol. The number of hydrogen-bond donors (Lipinski definition) is 1. The van der Waals surface area contributed by atoms with Crippen LogP contribution in [0.1, 0.15) is 0 Å². The molecule has 0 atom stereocenters. The van der Waals surface area contributed by atoms with Crippen molar-refractivity contribution in [2.75, 3.05) is 5.73 Å². The van der Waals surface area contributed by atoms with E-state index in [2.05, 4.69) is 10.1 Å². The van der Waals surface area contributed by atoms with Gasteiger partial charge < -0.3 is 10.3 Å². The Bertz CT molecular complexity index is 1320. The highest BCUT2D eigenvalue weighted by atomic mass is 19.2. The van der Waals surface area contributed by atoms with Gasteiger partial charge >= 0.3 is 0 Å². The molecule has 0 fully saturated rings. The summed E-state index contributed by atoms with van der Waals surface area (Å²) >= 11 is 0. The molecule has 0 amide bonds. The van der Waals surface area contributed by atoms with E-state index < -0.39 is 11.6 Å². The SMILES string of the molecule is Nc1c(-c2ccc3c(ccn3-c3ccc(F)c(F)c3)c2)cnc2ccnn12. The van der Waals surface area contributed by atoms with Gasteiger partial charge in [-0.3, -0.25) is 0 Å². The molecule has 3 heterocycles. The molecule has 0 bridgehead atoms. The summed E-state index contributed by atoms with van der Waals surface area (Å²) in [6, 6.07) is 13.3. The van der Waals surface area contributed by atoms with Crippen molar-refractivity contribution < 1.29 is 8.78 Å². The van der Waals surface area contributed by atoms with E-state index in [-0.39, 0.29) is 0 Å². The molecule has 2 N–H and O–H groups in total. The minimum atomic E-state index is -0.877. The first-order chi connectivity index (χ1) is 13.1. The van der Waals surface area contributed by atoms with Gasteiger partial charge in [0.05, 0.1) is 11.7 Å². The van der Waals surface area contributed by atoms with Gasteiger partial charge in [0, 0.05) is 41.2 Å². The summed E-state index contributed by atoms with van der Waals surface area (Å²) in [6.07, 6.45) is 5.19. The molecule has 5 nitrogen and oxygen atoms in total. The van der Waals surface area contributed by atoms with Gasteiger partial charge in [0.25, 0.3) is 0 Å². The first kappa shape index (κ1) is 15.5. The average molecular weight is 361 g/mol. The minimum Gasteiger partial charge on any atom is -0.383 e. The molecule has 0 saturated carbocycles. The predicted molar refractivity (Wildman–Crippen MR) is 99.6 cm³/mol. The van der Waals surface area contributed by atoms with Gasteiger partial charge in [0.2, 0.25) is 0 Å². The molecular weight excluding hydrogens is 348 g/mol. The lowest BCUT2D eigenvalue weighted by atomic mass is 10.1. The highest BCUT2D eigenvalue weighted by molar-refractivity contribution is 5.88.